The first kappa shape index (κ1) is 26.4. The molecule has 0 amide bonds. The van der Waals surface area contributed by atoms with Gasteiger partial charge in [-0.1, -0.05) is 75.2 Å². The third-order valence-electron chi connectivity index (χ3n) is 7.56. The monoisotopic (exact) mass is 444 g/mol. The number of aliphatic hydroxyl groups excluding tert-OH is 1. The second-order valence-electron chi connectivity index (χ2n) is 12.2. The molecule has 0 heterocycles. The van der Waals surface area contributed by atoms with Gasteiger partial charge in [-0.2, -0.15) is 0 Å². The zero-order chi connectivity index (χ0) is 22.9. The maximum absolute atomic E-state index is 14.4. The van der Waals surface area contributed by atoms with Crippen LogP contribution in [0, 0.1) is 40.9 Å². The lowest BCUT2D eigenvalue weighted by atomic mass is 9.75. The zero-order valence-electron chi connectivity index (χ0n) is 21.1. The summed E-state index contributed by atoms with van der Waals surface area (Å²) >= 11 is 0. The van der Waals surface area contributed by atoms with E-state index < -0.39 is 18.9 Å². The molecule has 0 aliphatic heterocycles. The summed E-state index contributed by atoms with van der Waals surface area (Å²) in [6, 6.07) is 0. The van der Waals surface area contributed by atoms with E-state index in [0.29, 0.717) is 35.5 Å². The molecule has 1 unspecified atom stereocenters. The quantitative estimate of drug-likeness (QED) is 0.413. The molecule has 0 bridgehead atoms. The average Bonchev–Trinajstić information content (AvgIpc) is 2.59. The van der Waals surface area contributed by atoms with Gasteiger partial charge in [-0.3, -0.25) is 4.57 Å². The van der Waals surface area contributed by atoms with E-state index >= 15 is 0 Å². The van der Waals surface area contributed by atoms with Crippen LogP contribution in [0.5, 0.6) is 0 Å². The molecular weight excluding hydrogens is 395 g/mol. The van der Waals surface area contributed by atoms with Crippen LogP contribution >= 0.6 is 7.60 Å². The topological polar surface area (TPSA) is 55.8 Å². The maximum Gasteiger partial charge on any atom is 0.359 e. The highest BCUT2D eigenvalue weighted by molar-refractivity contribution is 7.54. The Kier molecular flexibility index (Phi) is 9.11. The molecule has 0 aromatic heterocycles. The van der Waals surface area contributed by atoms with Crippen LogP contribution in [0.25, 0.3) is 0 Å². The average molecular weight is 445 g/mol. The van der Waals surface area contributed by atoms with Crippen molar-refractivity contribution < 1.29 is 18.7 Å². The number of rotatable bonds is 7. The molecule has 0 spiro atoms. The van der Waals surface area contributed by atoms with Crippen molar-refractivity contribution in [2.24, 2.45) is 40.9 Å². The van der Waals surface area contributed by atoms with Gasteiger partial charge < -0.3 is 14.2 Å². The molecule has 30 heavy (non-hydrogen) atoms. The summed E-state index contributed by atoms with van der Waals surface area (Å²) in [4.78, 5) is 0. The van der Waals surface area contributed by atoms with Gasteiger partial charge in [0.1, 0.15) is 0 Å². The van der Waals surface area contributed by atoms with E-state index in [1.165, 1.54) is 12.8 Å². The van der Waals surface area contributed by atoms with Crippen molar-refractivity contribution in [1.82, 2.24) is 0 Å². The van der Waals surface area contributed by atoms with Crippen molar-refractivity contribution in [3.8, 4) is 0 Å². The molecule has 2 aliphatic rings. The van der Waals surface area contributed by atoms with Gasteiger partial charge >= 0.3 is 7.60 Å². The van der Waals surface area contributed by atoms with Crippen LogP contribution in [0.4, 0.5) is 0 Å². The fourth-order valence-corrected chi connectivity index (χ4v) is 7.93. The Labute approximate surface area is 186 Å². The van der Waals surface area contributed by atoms with E-state index in [1.807, 2.05) is 20.8 Å². The highest BCUT2D eigenvalue weighted by Crippen LogP contribution is 2.62. The third kappa shape index (κ3) is 6.56. The zero-order valence-corrected chi connectivity index (χ0v) is 22.0. The summed E-state index contributed by atoms with van der Waals surface area (Å²) in [5, 5.41) is 11.2. The van der Waals surface area contributed by atoms with Crippen LogP contribution in [0.3, 0.4) is 0 Å². The van der Waals surface area contributed by atoms with E-state index in [1.54, 1.807) is 0 Å². The largest absolute Gasteiger partial charge is 0.380 e. The predicted octanol–water partition coefficient (Wildman–Crippen LogP) is 7.50. The second kappa shape index (κ2) is 10.4. The molecule has 0 radical (unpaired) electrons. The van der Waals surface area contributed by atoms with E-state index in [2.05, 4.69) is 41.5 Å². The number of hydrogen-bond donors (Lipinski definition) is 1. The molecule has 8 atom stereocenters. The van der Waals surface area contributed by atoms with Gasteiger partial charge in [-0.05, 0) is 66.6 Å². The Morgan fingerprint density at radius 3 is 1.47 bits per heavy atom. The molecule has 178 valence electrons. The minimum absolute atomic E-state index is 0.116. The van der Waals surface area contributed by atoms with Crippen LogP contribution < -0.4 is 0 Å². The summed E-state index contributed by atoms with van der Waals surface area (Å²) in [5.41, 5.74) is -0.573. The first-order valence-corrected chi connectivity index (χ1v) is 14.0. The SMILES string of the molecule is CC(C)[C@H]1CC[C@@H](C)C[C@H]1OP(=O)(O[C@@H]1C[C@@H](C)CC[C@@H]1C(C)C)[C@H](O)C(C)(C)C. The molecule has 2 saturated carbocycles. The Hall–Kier alpha value is 0.110. The van der Waals surface area contributed by atoms with Crippen molar-refractivity contribution in [2.45, 2.75) is 119 Å². The minimum Gasteiger partial charge on any atom is -0.380 e. The van der Waals surface area contributed by atoms with Crippen LogP contribution in [-0.2, 0) is 13.6 Å². The smallest absolute Gasteiger partial charge is 0.359 e. The first-order chi connectivity index (χ1) is 13.7. The van der Waals surface area contributed by atoms with Crippen molar-refractivity contribution in [3.05, 3.63) is 0 Å². The van der Waals surface area contributed by atoms with Crippen molar-refractivity contribution in [2.75, 3.05) is 0 Å². The summed E-state index contributed by atoms with van der Waals surface area (Å²) in [5.74, 6) is 1.60. The fraction of sp³-hybridized carbons (Fsp3) is 1.00. The van der Waals surface area contributed by atoms with Gasteiger partial charge in [0, 0.05) is 0 Å². The fourth-order valence-electron chi connectivity index (χ4n) is 5.46. The van der Waals surface area contributed by atoms with E-state index in [4.69, 9.17) is 9.05 Å². The molecular formula is C25H49O4P. The highest BCUT2D eigenvalue weighted by Gasteiger charge is 2.49. The van der Waals surface area contributed by atoms with Crippen molar-refractivity contribution >= 4 is 7.60 Å². The molecule has 1 N–H and O–H groups in total. The molecule has 2 fully saturated rings. The van der Waals surface area contributed by atoms with E-state index in [9.17, 15) is 9.67 Å². The molecule has 4 nitrogen and oxygen atoms in total. The molecule has 5 heteroatoms. The van der Waals surface area contributed by atoms with E-state index in [0.717, 1.165) is 25.7 Å². The Morgan fingerprint density at radius 2 is 1.17 bits per heavy atom. The van der Waals surface area contributed by atoms with Gasteiger partial charge in [0.25, 0.3) is 0 Å². The first-order valence-electron chi connectivity index (χ1n) is 12.4. The molecule has 0 aromatic carbocycles. The number of hydrogen-bond acceptors (Lipinski definition) is 4. The lowest BCUT2D eigenvalue weighted by Gasteiger charge is -2.44. The molecule has 2 aliphatic carbocycles. The normalized spacial score (nSPS) is 36.7. The Balaban J connectivity index is 2.34. The van der Waals surface area contributed by atoms with Crippen LogP contribution in [0.15, 0.2) is 0 Å². The molecule has 0 aromatic rings. The standard InChI is InChI=1S/C25H49O4P/c1-16(2)20-12-10-18(5)14-22(20)28-30(27,24(26)25(7,8)9)29-23-15-19(6)11-13-21(23)17(3)4/h16-24,26H,10-15H2,1-9H3/t18-,19+,20-,21-,22-,23-,24+,30?/m1/s1. The van der Waals surface area contributed by atoms with Gasteiger partial charge in [0.05, 0.1) is 12.2 Å². The summed E-state index contributed by atoms with van der Waals surface area (Å²) in [6.45, 7) is 19.1. The molecule has 0 saturated heterocycles. The summed E-state index contributed by atoms with van der Waals surface area (Å²) in [6.07, 6.45) is 6.10. The van der Waals surface area contributed by atoms with Crippen molar-refractivity contribution in [3.63, 3.8) is 0 Å². The lowest BCUT2D eigenvalue weighted by Crippen LogP contribution is -2.39. The van der Waals surface area contributed by atoms with Gasteiger partial charge in [-0.25, -0.2) is 0 Å². The third-order valence-corrected chi connectivity index (χ3v) is 10.1. The van der Waals surface area contributed by atoms with Crippen LogP contribution in [0.2, 0.25) is 0 Å². The summed E-state index contributed by atoms with van der Waals surface area (Å²) in [7, 11) is -3.72. The Bertz CT molecular complexity index is 544. The maximum atomic E-state index is 14.4. The Morgan fingerprint density at radius 1 is 0.800 bits per heavy atom. The minimum atomic E-state index is -3.72. The predicted molar refractivity (Wildman–Crippen MR) is 126 cm³/mol. The lowest BCUT2D eigenvalue weighted by molar-refractivity contribution is -0.0251. The van der Waals surface area contributed by atoms with Crippen LogP contribution in [-0.4, -0.2) is 23.2 Å². The van der Waals surface area contributed by atoms with Gasteiger partial charge in [-0.15, -0.1) is 0 Å². The van der Waals surface area contributed by atoms with Gasteiger partial charge in [0.15, 0.2) is 5.85 Å². The van der Waals surface area contributed by atoms with Crippen molar-refractivity contribution in [1.29, 1.82) is 0 Å². The van der Waals surface area contributed by atoms with Gasteiger partial charge in [0.2, 0.25) is 0 Å². The summed E-state index contributed by atoms with van der Waals surface area (Å²) < 4.78 is 27.3. The highest BCUT2D eigenvalue weighted by atomic mass is 31.2. The number of aliphatic hydroxyl groups is 1. The van der Waals surface area contributed by atoms with Crippen LogP contribution in [0.1, 0.15) is 101 Å². The van der Waals surface area contributed by atoms with E-state index in [-0.39, 0.29) is 12.2 Å². The second-order valence-corrected chi connectivity index (χ2v) is 14.2. The molecule has 2 rings (SSSR count).